The fourth-order valence-electron chi connectivity index (χ4n) is 1.78. The van der Waals surface area contributed by atoms with Gasteiger partial charge in [-0.3, -0.25) is 13.9 Å². The van der Waals surface area contributed by atoms with Crippen LogP contribution in [-0.2, 0) is 13.6 Å². The molecule has 4 heteroatoms. The Labute approximate surface area is 98.8 Å². The molecule has 2 rings (SSSR count). The maximum Gasteiger partial charge on any atom is 0.331 e. The van der Waals surface area contributed by atoms with Crippen LogP contribution in [0.1, 0.15) is 11.1 Å². The number of aromatic nitrogens is 2. The first kappa shape index (κ1) is 11.4. The Balaban J connectivity index is 2.48. The van der Waals surface area contributed by atoms with Crippen LogP contribution in [0.15, 0.2) is 46.1 Å². The van der Waals surface area contributed by atoms with E-state index >= 15 is 0 Å². The summed E-state index contributed by atoms with van der Waals surface area (Å²) in [5.74, 6) is 0. The quantitative estimate of drug-likeness (QED) is 0.769. The molecule has 1 heterocycles. The van der Waals surface area contributed by atoms with Crippen molar-refractivity contribution >= 4 is 0 Å². The SMILES string of the molecule is Cc1cn(Cc2ccccc2)c(=O)n(C)c1=O. The Hall–Kier alpha value is -2.10. The molecule has 0 unspecified atom stereocenters. The zero-order valence-electron chi connectivity index (χ0n) is 9.88. The van der Waals surface area contributed by atoms with Gasteiger partial charge in [-0.25, -0.2) is 4.79 Å². The normalized spacial score (nSPS) is 10.5. The molecule has 0 N–H and O–H groups in total. The third kappa shape index (κ3) is 2.20. The number of benzene rings is 1. The van der Waals surface area contributed by atoms with Crippen molar-refractivity contribution in [3.63, 3.8) is 0 Å². The molecule has 88 valence electrons. The van der Waals surface area contributed by atoms with Crippen LogP contribution >= 0.6 is 0 Å². The molecule has 1 aromatic heterocycles. The number of rotatable bonds is 2. The first-order valence-electron chi connectivity index (χ1n) is 5.40. The lowest BCUT2D eigenvalue weighted by atomic mass is 10.2. The van der Waals surface area contributed by atoms with Gasteiger partial charge in [0.25, 0.3) is 5.56 Å². The molecule has 0 spiro atoms. The first-order valence-corrected chi connectivity index (χ1v) is 5.40. The van der Waals surface area contributed by atoms with Gasteiger partial charge in [0, 0.05) is 18.8 Å². The summed E-state index contributed by atoms with van der Waals surface area (Å²) in [5.41, 5.74) is 1.08. The van der Waals surface area contributed by atoms with Gasteiger partial charge in [-0.05, 0) is 12.5 Å². The highest BCUT2D eigenvalue weighted by atomic mass is 16.2. The standard InChI is InChI=1S/C13H14N2O2/c1-10-8-15(13(17)14(2)12(10)16)9-11-6-4-3-5-7-11/h3-8H,9H2,1-2H3. The minimum atomic E-state index is -0.288. The molecular weight excluding hydrogens is 216 g/mol. The summed E-state index contributed by atoms with van der Waals surface area (Å²) in [4.78, 5) is 23.4. The summed E-state index contributed by atoms with van der Waals surface area (Å²) in [6.45, 7) is 2.19. The van der Waals surface area contributed by atoms with Crippen molar-refractivity contribution in [3.8, 4) is 0 Å². The van der Waals surface area contributed by atoms with Crippen molar-refractivity contribution in [3.05, 3.63) is 68.5 Å². The fraction of sp³-hybridized carbons (Fsp3) is 0.231. The molecule has 0 aliphatic heterocycles. The molecule has 0 aliphatic carbocycles. The van der Waals surface area contributed by atoms with Gasteiger partial charge in [0.05, 0.1) is 6.54 Å². The van der Waals surface area contributed by atoms with Gasteiger partial charge in [-0.1, -0.05) is 30.3 Å². The summed E-state index contributed by atoms with van der Waals surface area (Å²) in [6.07, 6.45) is 1.61. The van der Waals surface area contributed by atoms with Crippen molar-refractivity contribution in [2.24, 2.45) is 7.05 Å². The summed E-state index contributed by atoms with van der Waals surface area (Å²) < 4.78 is 2.68. The number of hydrogen-bond acceptors (Lipinski definition) is 2. The van der Waals surface area contributed by atoms with E-state index in [1.165, 1.54) is 7.05 Å². The zero-order valence-corrected chi connectivity index (χ0v) is 9.88. The van der Waals surface area contributed by atoms with E-state index in [0.29, 0.717) is 12.1 Å². The van der Waals surface area contributed by atoms with Crippen LogP contribution in [-0.4, -0.2) is 9.13 Å². The minimum absolute atomic E-state index is 0.237. The van der Waals surface area contributed by atoms with Gasteiger partial charge in [-0.15, -0.1) is 0 Å². The highest BCUT2D eigenvalue weighted by molar-refractivity contribution is 5.15. The molecule has 0 saturated carbocycles. The Kier molecular flexibility index (Phi) is 2.95. The molecule has 0 amide bonds. The predicted molar refractivity (Wildman–Crippen MR) is 66.2 cm³/mol. The van der Waals surface area contributed by atoms with Gasteiger partial charge in [-0.2, -0.15) is 0 Å². The van der Waals surface area contributed by atoms with Crippen LogP contribution in [0.25, 0.3) is 0 Å². The average molecular weight is 230 g/mol. The second kappa shape index (κ2) is 4.41. The zero-order chi connectivity index (χ0) is 12.4. The molecule has 0 radical (unpaired) electrons. The summed E-state index contributed by atoms with van der Waals surface area (Å²) in [7, 11) is 1.50. The number of nitrogens with zero attached hydrogens (tertiary/aromatic N) is 2. The van der Waals surface area contributed by atoms with Gasteiger partial charge in [0.2, 0.25) is 0 Å². The molecule has 1 aromatic carbocycles. The van der Waals surface area contributed by atoms with Crippen molar-refractivity contribution in [2.45, 2.75) is 13.5 Å². The largest absolute Gasteiger partial charge is 0.331 e. The molecule has 4 nitrogen and oxygen atoms in total. The number of aryl methyl sites for hydroxylation is 1. The molecule has 0 fully saturated rings. The molecule has 0 bridgehead atoms. The van der Waals surface area contributed by atoms with E-state index in [1.807, 2.05) is 30.3 Å². The molecular formula is C13H14N2O2. The minimum Gasteiger partial charge on any atom is -0.296 e. The Morgan fingerprint density at radius 2 is 1.76 bits per heavy atom. The monoisotopic (exact) mass is 230 g/mol. The molecule has 0 aliphatic rings. The van der Waals surface area contributed by atoms with Crippen LogP contribution < -0.4 is 11.2 Å². The van der Waals surface area contributed by atoms with Crippen LogP contribution in [0.5, 0.6) is 0 Å². The second-order valence-electron chi connectivity index (χ2n) is 4.07. The van der Waals surface area contributed by atoms with E-state index in [9.17, 15) is 9.59 Å². The predicted octanol–water partition coefficient (Wildman–Crippen LogP) is 0.904. The van der Waals surface area contributed by atoms with Gasteiger partial charge in [0.1, 0.15) is 0 Å². The first-order chi connectivity index (χ1) is 8.09. The summed E-state index contributed by atoms with van der Waals surface area (Å²) >= 11 is 0. The van der Waals surface area contributed by atoms with E-state index in [2.05, 4.69) is 0 Å². The Morgan fingerprint density at radius 3 is 2.41 bits per heavy atom. The Bertz CT molecular complexity index is 639. The van der Waals surface area contributed by atoms with Gasteiger partial charge < -0.3 is 0 Å². The van der Waals surface area contributed by atoms with Crippen LogP contribution in [0.3, 0.4) is 0 Å². The molecule has 2 aromatic rings. The van der Waals surface area contributed by atoms with Crippen molar-refractivity contribution in [2.75, 3.05) is 0 Å². The third-order valence-electron chi connectivity index (χ3n) is 2.72. The number of hydrogen-bond donors (Lipinski definition) is 0. The van der Waals surface area contributed by atoms with E-state index < -0.39 is 0 Å². The van der Waals surface area contributed by atoms with Crippen molar-refractivity contribution in [1.29, 1.82) is 0 Å². The summed E-state index contributed by atoms with van der Waals surface area (Å²) in [5, 5.41) is 0. The lowest BCUT2D eigenvalue weighted by Gasteiger charge is -2.08. The highest BCUT2D eigenvalue weighted by Crippen LogP contribution is 2.00. The maximum atomic E-state index is 11.9. The topological polar surface area (TPSA) is 44.0 Å². The molecule has 0 atom stereocenters. The third-order valence-corrected chi connectivity index (χ3v) is 2.72. The van der Waals surface area contributed by atoms with Crippen LogP contribution in [0.4, 0.5) is 0 Å². The van der Waals surface area contributed by atoms with E-state index in [4.69, 9.17) is 0 Å². The lowest BCUT2D eigenvalue weighted by Crippen LogP contribution is -2.38. The summed E-state index contributed by atoms with van der Waals surface area (Å²) in [6, 6.07) is 9.68. The highest BCUT2D eigenvalue weighted by Gasteiger charge is 2.05. The molecule has 17 heavy (non-hydrogen) atoms. The smallest absolute Gasteiger partial charge is 0.296 e. The van der Waals surface area contributed by atoms with E-state index in [1.54, 1.807) is 17.7 Å². The van der Waals surface area contributed by atoms with Crippen molar-refractivity contribution < 1.29 is 0 Å². The van der Waals surface area contributed by atoms with Crippen LogP contribution in [0.2, 0.25) is 0 Å². The van der Waals surface area contributed by atoms with E-state index in [-0.39, 0.29) is 11.2 Å². The lowest BCUT2D eigenvalue weighted by molar-refractivity contribution is 0.638. The average Bonchev–Trinajstić information content (AvgIpc) is 2.35. The fourth-order valence-corrected chi connectivity index (χ4v) is 1.78. The Morgan fingerprint density at radius 1 is 1.12 bits per heavy atom. The van der Waals surface area contributed by atoms with Crippen LogP contribution in [0, 0.1) is 6.92 Å². The van der Waals surface area contributed by atoms with Gasteiger partial charge >= 0.3 is 5.69 Å². The second-order valence-corrected chi connectivity index (χ2v) is 4.07. The molecule has 0 saturated heterocycles. The van der Waals surface area contributed by atoms with Crippen molar-refractivity contribution in [1.82, 2.24) is 9.13 Å². The maximum absolute atomic E-state index is 11.9. The van der Waals surface area contributed by atoms with Gasteiger partial charge in [0.15, 0.2) is 0 Å². The van der Waals surface area contributed by atoms with E-state index in [0.717, 1.165) is 10.1 Å².